The highest BCUT2D eigenvalue weighted by Gasteiger charge is 2.20. The van der Waals surface area contributed by atoms with Gasteiger partial charge in [-0.05, 0) is 18.2 Å². The van der Waals surface area contributed by atoms with Crippen LogP contribution in [-0.2, 0) is 9.84 Å². The number of benzene rings is 1. The van der Waals surface area contributed by atoms with Gasteiger partial charge >= 0.3 is 5.97 Å². The van der Waals surface area contributed by atoms with Crippen LogP contribution in [0.4, 0.5) is 0 Å². The zero-order valence-electron chi connectivity index (χ0n) is 8.48. The molecule has 0 unspecified atom stereocenters. The van der Waals surface area contributed by atoms with Crippen LogP contribution >= 0.6 is 23.2 Å². The highest BCUT2D eigenvalue weighted by atomic mass is 35.5. The Labute approximate surface area is 108 Å². The van der Waals surface area contributed by atoms with Gasteiger partial charge < -0.3 is 5.11 Å². The second-order valence-electron chi connectivity index (χ2n) is 3.23. The molecule has 1 N–H and O–H groups in total. The number of hydrogen-bond donors (Lipinski definition) is 1. The van der Waals surface area contributed by atoms with Crippen LogP contribution in [0.1, 0.15) is 10.4 Å². The lowest BCUT2D eigenvalue weighted by molar-refractivity contribution is 0.0696. The molecule has 1 aromatic carbocycles. The molecule has 0 aliphatic rings. The fourth-order valence-corrected chi connectivity index (χ4v) is 3.30. The molecule has 0 heterocycles. The van der Waals surface area contributed by atoms with Gasteiger partial charge in [0.25, 0.3) is 0 Å². The molecule has 0 spiro atoms. The highest BCUT2D eigenvalue weighted by Crippen LogP contribution is 2.25. The Kier molecular flexibility index (Phi) is 4.19. The van der Waals surface area contributed by atoms with E-state index in [9.17, 15) is 13.2 Å². The van der Waals surface area contributed by atoms with E-state index in [-0.39, 0.29) is 20.5 Å². The van der Waals surface area contributed by atoms with Crippen molar-refractivity contribution in [2.75, 3.05) is 5.75 Å². The van der Waals surface area contributed by atoms with Gasteiger partial charge in [0.15, 0.2) is 9.84 Å². The Hall–Kier alpha value is -1.04. The van der Waals surface area contributed by atoms with Crippen molar-refractivity contribution in [2.24, 2.45) is 0 Å². The molecular formula is C10H8Cl2O4S. The lowest BCUT2D eigenvalue weighted by atomic mass is 10.2. The molecule has 92 valence electrons. The summed E-state index contributed by atoms with van der Waals surface area (Å²) in [5.74, 6) is -1.72. The molecule has 7 heteroatoms. The van der Waals surface area contributed by atoms with Crippen molar-refractivity contribution in [1.29, 1.82) is 0 Å². The molecule has 0 radical (unpaired) electrons. The summed E-state index contributed by atoms with van der Waals surface area (Å²) < 4.78 is 23.6. The van der Waals surface area contributed by atoms with Gasteiger partial charge in [-0.25, -0.2) is 13.2 Å². The first-order valence-electron chi connectivity index (χ1n) is 4.33. The summed E-state index contributed by atoms with van der Waals surface area (Å²) in [5.41, 5.74) is -0.159. The zero-order chi connectivity index (χ0) is 13.2. The van der Waals surface area contributed by atoms with E-state index in [0.717, 1.165) is 6.07 Å². The van der Waals surface area contributed by atoms with Crippen LogP contribution in [0.2, 0.25) is 5.02 Å². The predicted molar refractivity (Wildman–Crippen MR) is 65.5 cm³/mol. The molecule has 0 fully saturated rings. The van der Waals surface area contributed by atoms with Gasteiger partial charge in [-0.2, -0.15) is 0 Å². The molecule has 0 aliphatic heterocycles. The molecule has 0 aromatic heterocycles. The maximum Gasteiger partial charge on any atom is 0.335 e. The lowest BCUT2D eigenvalue weighted by Gasteiger charge is -2.06. The van der Waals surface area contributed by atoms with Crippen molar-refractivity contribution in [2.45, 2.75) is 4.90 Å². The number of carbonyl (C=O) groups is 1. The summed E-state index contributed by atoms with van der Waals surface area (Å²) in [6.45, 7) is 3.28. The van der Waals surface area contributed by atoms with Crippen LogP contribution in [-0.4, -0.2) is 25.2 Å². The van der Waals surface area contributed by atoms with Gasteiger partial charge in [0.1, 0.15) is 0 Å². The molecule has 4 nitrogen and oxygen atoms in total. The molecule has 17 heavy (non-hydrogen) atoms. The summed E-state index contributed by atoms with van der Waals surface area (Å²) in [5, 5.41) is 8.65. The van der Waals surface area contributed by atoms with E-state index in [0.29, 0.717) is 0 Å². The van der Waals surface area contributed by atoms with Crippen LogP contribution in [0.15, 0.2) is 34.7 Å². The second-order valence-corrected chi connectivity index (χ2v) is 6.13. The smallest absolute Gasteiger partial charge is 0.335 e. The maximum atomic E-state index is 11.8. The standard InChI is InChI=1S/C10H8Cl2O4S/c1-6(11)5-17(15,16)9-4-7(10(13)14)2-3-8(9)12/h2-4H,1,5H2,(H,13,14). The van der Waals surface area contributed by atoms with Gasteiger partial charge in [0.05, 0.1) is 21.2 Å². The molecule has 0 bridgehead atoms. The second kappa shape index (κ2) is 5.08. The van der Waals surface area contributed by atoms with Crippen LogP contribution in [0, 0.1) is 0 Å². The number of hydrogen-bond acceptors (Lipinski definition) is 3. The highest BCUT2D eigenvalue weighted by molar-refractivity contribution is 7.91. The topological polar surface area (TPSA) is 71.4 Å². The zero-order valence-corrected chi connectivity index (χ0v) is 10.8. The summed E-state index contributed by atoms with van der Waals surface area (Å²) in [6, 6.07) is 3.44. The summed E-state index contributed by atoms with van der Waals surface area (Å²) >= 11 is 11.2. The van der Waals surface area contributed by atoms with Crippen molar-refractivity contribution >= 4 is 39.0 Å². The van der Waals surface area contributed by atoms with Crippen molar-refractivity contribution in [3.05, 3.63) is 40.4 Å². The Balaban J connectivity index is 3.35. The third kappa shape index (κ3) is 3.46. The Bertz CT molecular complexity index is 578. The molecule has 1 aromatic rings. The molecule has 0 saturated heterocycles. The number of halogens is 2. The third-order valence-corrected chi connectivity index (χ3v) is 4.33. The minimum absolute atomic E-state index is 0.0482. The fraction of sp³-hybridized carbons (Fsp3) is 0.100. The molecular weight excluding hydrogens is 287 g/mol. The molecule has 0 aliphatic carbocycles. The first-order valence-corrected chi connectivity index (χ1v) is 6.74. The Morgan fingerprint density at radius 2 is 2.00 bits per heavy atom. The average Bonchev–Trinajstić information content (AvgIpc) is 2.15. The van der Waals surface area contributed by atoms with Crippen LogP contribution in [0.25, 0.3) is 0 Å². The minimum atomic E-state index is -3.77. The van der Waals surface area contributed by atoms with Crippen molar-refractivity contribution in [3.63, 3.8) is 0 Å². The van der Waals surface area contributed by atoms with Crippen LogP contribution in [0.3, 0.4) is 0 Å². The number of carboxylic acids is 1. The quantitative estimate of drug-likeness (QED) is 0.926. The van der Waals surface area contributed by atoms with Gasteiger partial charge in [0, 0.05) is 5.03 Å². The number of aromatic carboxylic acids is 1. The van der Waals surface area contributed by atoms with E-state index in [2.05, 4.69) is 6.58 Å². The van der Waals surface area contributed by atoms with Crippen molar-refractivity contribution in [3.8, 4) is 0 Å². The van der Waals surface area contributed by atoms with E-state index in [1.165, 1.54) is 12.1 Å². The Morgan fingerprint density at radius 1 is 1.41 bits per heavy atom. The molecule has 0 saturated carbocycles. The van der Waals surface area contributed by atoms with Gasteiger partial charge in [-0.15, -0.1) is 0 Å². The summed E-state index contributed by atoms with van der Waals surface area (Å²) in [4.78, 5) is 10.5. The molecule has 0 atom stereocenters. The largest absolute Gasteiger partial charge is 0.478 e. The van der Waals surface area contributed by atoms with Gasteiger partial charge in [-0.1, -0.05) is 29.8 Å². The fourth-order valence-electron chi connectivity index (χ4n) is 1.16. The van der Waals surface area contributed by atoms with E-state index < -0.39 is 21.6 Å². The number of sulfone groups is 1. The first-order chi connectivity index (χ1) is 7.74. The van der Waals surface area contributed by atoms with E-state index in [1.54, 1.807) is 0 Å². The average molecular weight is 295 g/mol. The maximum absolute atomic E-state index is 11.8. The van der Waals surface area contributed by atoms with E-state index in [1.807, 2.05) is 0 Å². The minimum Gasteiger partial charge on any atom is -0.478 e. The number of carboxylic acid groups (broad SMARTS) is 1. The molecule has 1 rings (SSSR count). The van der Waals surface area contributed by atoms with Crippen molar-refractivity contribution in [1.82, 2.24) is 0 Å². The Morgan fingerprint density at radius 3 is 2.47 bits per heavy atom. The summed E-state index contributed by atoms with van der Waals surface area (Å²) in [7, 11) is -3.77. The van der Waals surface area contributed by atoms with Crippen molar-refractivity contribution < 1.29 is 18.3 Å². The summed E-state index contributed by atoms with van der Waals surface area (Å²) in [6.07, 6.45) is 0. The monoisotopic (exact) mass is 294 g/mol. The predicted octanol–water partition coefficient (Wildman–Crippen LogP) is 2.56. The third-order valence-electron chi connectivity index (χ3n) is 1.86. The van der Waals surface area contributed by atoms with E-state index >= 15 is 0 Å². The first kappa shape index (κ1) is 14.0. The number of rotatable bonds is 4. The van der Waals surface area contributed by atoms with Crippen LogP contribution in [0.5, 0.6) is 0 Å². The normalized spacial score (nSPS) is 11.2. The van der Waals surface area contributed by atoms with Gasteiger partial charge in [-0.3, -0.25) is 0 Å². The molecule has 0 amide bonds. The van der Waals surface area contributed by atoms with Gasteiger partial charge in [0.2, 0.25) is 0 Å². The van der Waals surface area contributed by atoms with Crippen LogP contribution < -0.4 is 0 Å². The van der Waals surface area contributed by atoms with E-state index in [4.69, 9.17) is 28.3 Å². The lowest BCUT2D eigenvalue weighted by Crippen LogP contribution is -2.09. The SMILES string of the molecule is C=C(Cl)CS(=O)(=O)c1cc(C(=O)O)ccc1Cl.